The molecule has 16 heavy (non-hydrogen) atoms. The minimum atomic E-state index is -0.320. The van der Waals surface area contributed by atoms with Gasteiger partial charge < -0.3 is 4.90 Å². The summed E-state index contributed by atoms with van der Waals surface area (Å²) in [6.07, 6.45) is 3.14. The van der Waals surface area contributed by atoms with Crippen LogP contribution in [0.4, 0.5) is 10.1 Å². The Bertz CT molecular complexity index is 401. The van der Waals surface area contributed by atoms with Crippen molar-refractivity contribution < 1.29 is 9.18 Å². The number of carbonyl (C=O) groups is 1. The van der Waals surface area contributed by atoms with Crippen LogP contribution in [0.1, 0.15) is 30.1 Å². The fourth-order valence-corrected chi connectivity index (χ4v) is 2.00. The van der Waals surface area contributed by atoms with Gasteiger partial charge in [-0.3, -0.25) is 4.79 Å². The van der Waals surface area contributed by atoms with Crippen molar-refractivity contribution in [3.8, 4) is 0 Å². The van der Waals surface area contributed by atoms with Crippen LogP contribution in [0.5, 0.6) is 0 Å². The normalized spacial score (nSPS) is 16.9. The van der Waals surface area contributed by atoms with Gasteiger partial charge in [0.05, 0.1) is 5.69 Å². The van der Waals surface area contributed by atoms with Crippen LogP contribution < -0.4 is 4.90 Å². The SMILES string of the molecule is CC(C1CC1)N(C)c1ccc(C=O)cc1F. The van der Waals surface area contributed by atoms with E-state index in [2.05, 4.69) is 6.92 Å². The van der Waals surface area contributed by atoms with E-state index in [0.29, 0.717) is 29.5 Å². The number of nitrogens with zero attached hydrogens (tertiary/aromatic N) is 1. The molecule has 0 amide bonds. The van der Waals surface area contributed by atoms with Crippen LogP contribution in [0.2, 0.25) is 0 Å². The van der Waals surface area contributed by atoms with E-state index in [-0.39, 0.29) is 5.82 Å². The second-order valence-electron chi connectivity index (χ2n) is 4.52. The lowest BCUT2D eigenvalue weighted by molar-refractivity contribution is 0.112. The molecule has 0 bridgehead atoms. The van der Waals surface area contributed by atoms with E-state index in [0.717, 1.165) is 0 Å². The summed E-state index contributed by atoms with van der Waals surface area (Å²) in [4.78, 5) is 12.5. The minimum absolute atomic E-state index is 0.320. The standard InChI is InChI=1S/C13H16FNO/c1-9(11-4-5-11)15(2)13-6-3-10(8-16)7-12(13)14/h3,6-9,11H,4-5H2,1-2H3. The van der Waals surface area contributed by atoms with Gasteiger partial charge in [-0.1, -0.05) is 0 Å². The number of hydrogen-bond donors (Lipinski definition) is 0. The maximum atomic E-state index is 13.7. The van der Waals surface area contributed by atoms with Gasteiger partial charge in [0.25, 0.3) is 0 Å². The molecule has 3 heteroatoms. The Balaban J connectivity index is 2.21. The lowest BCUT2D eigenvalue weighted by atomic mass is 10.1. The summed E-state index contributed by atoms with van der Waals surface area (Å²) in [5, 5.41) is 0. The first-order valence-electron chi connectivity index (χ1n) is 5.61. The molecule has 0 aromatic heterocycles. The topological polar surface area (TPSA) is 20.3 Å². The lowest BCUT2D eigenvalue weighted by Gasteiger charge is -2.27. The van der Waals surface area contributed by atoms with Crippen LogP contribution >= 0.6 is 0 Å². The number of aldehydes is 1. The van der Waals surface area contributed by atoms with Crippen LogP contribution in [0.15, 0.2) is 18.2 Å². The van der Waals surface area contributed by atoms with Crippen molar-refractivity contribution in [3.63, 3.8) is 0 Å². The second kappa shape index (κ2) is 4.24. The Morgan fingerprint density at radius 1 is 1.50 bits per heavy atom. The summed E-state index contributed by atoms with van der Waals surface area (Å²) in [7, 11) is 1.90. The highest BCUT2D eigenvalue weighted by atomic mass is 19.1. The Morgan fingerprint density at radius 3 is 2.69 bits per heavy atom. The number of hydrogen-bond acceptors (Lipinski definition) is 2. The Kier molecular flexibility index (Phi) is 2.95. The van der Waals surface area contributed by atoms with E-state index < -0.39 is 0 Å². The van der Waals surface area contributed by atoms with Crippen molar-refractivity contribution in [1.29, 1.82) is 0 Å². The van der Waals surface area contributed by atoms with Crippen molar-refractivity contribution in [2.24, 2.45) is 5.92 Å². The van der Waals surface area contributed by atoms with Crippen LogP contribution in [0.25, 0.3) is 0 Å². The summed E-state index contributed by atoms with van der Waals surface area (Å²) in [6.45, 7) is 2.12. The first-order valence-corrected chi connectivity index (χ1v) is 5.61. The molecular weight excluding hydrogens is 205 g/mol. The molecule has 0 aliphatic heterocycles. The molecule has 0 N–H and O–H groups in total. The molecule has 1 atom stereocenters. The van der Waals surface area contributed by atoms with Crippen molar-refractivity contribution in [2.75, 3.05) is 11.9 Å². The summed E-state index contributed by atoms with van der Waals surface area (Å²) < 4.78 is 13.7. The maximum absolute atomic E-state index is 13.7. The first-order chi connectivity index (χ1) is 7.63. The molecule has 2 rings (SSSR count). The minimum Gasteiger partial charge on any atom is -0.369 e. The zero-order valence-corrected chi connectivity index (χ0v) is 9.61. The van der Waals surface area contributed by atoms with E-state index in [1.807, 2.05) is 11.9 Å². The third-order valence-corrected chi connectivity index (χ3v) is 3.40. The molecule has 1 fully saturated rings. The summed E-state index contributed by atoms with van der Waals surface area (Å²) in [6, 6.07) is 4.98. The number of halogens is 1. The molecule has 1 unspecified atom stereocenters. The quantitative estimate of drug-likeness (QED) is 0.729. The van der Waals surface area contributed by atoms with Gasteiger partial charge in [0.2, 0.25) is 0 Å². The summed E-state index contributed by atoms with van der Waals surface area (Å²) in [5.74, 6) is 0.370. The molecule has 1 saturated carbocycles. The molecule has 86 valence electrons. The molecule has 0 radical (unpaired) electrons. The predicted molar refractivity (Wildman–Crippen MR) is 62.4 cm³/mol. The lowest BCUT2D eigenvalue weighted by Crippen LogP contribution is -2.31. The predicted octanol–water partition coefficient (Wildman–Crippen LogP) is 2.87. The largest absolute Gasteiger partial charge is 0.369 e. The Hall–Kier alpha value is -1.38. The average molecular weight is 221 g/mol. The van der Waals surface area contributed by atoms with Crippen molar-refractivity contribution >= 4 is 12.0 Å². The van der Waals surface area contributed by atoms with Crippen molar-refractivity contribution in [3.05, 3.63) is 29.6 Å². The number of anilines is 1. The fraction of sp³-hybridized carbons (Fsp3) is 0.462. The van der Waals surface area contributed by atoms with Gasteiger partial charge >= 0.3 is 0 Å². The summed E-state index contributed by atoms with van der Waals surface area (Å²) >= 11 is 0. The maximum Gasteiger partial charge on any atom is 0.150 e. The van der Waals surface area contributed by atoms with Crippen LogP contribution in [0.3, 0.4) is 0 Å². The van der Waals surface area contributed by atoms with Gasteiger partial charge in [-0.05, 0) is 43.9 Å². The van der Waals surface area contributed by atoms with Gasteiger partial charge in [0.1, 0.15) is 12.1 Å². The van der Waals surface area contributed by atoms with Gasteiger partial charge in [0.15, 0.2) is 0 Å². The highest BCUT2D eigenvalue weighted by molar-refractivity contribution is 5.76. The van der Waals surface area contributed by atoms with Gasteiger partial charge in [-0.25, -0.2) is 4.39 Å². The van der Waals surface area contributed by atoms with Gasteiger partial charge in [0, 0.05) is 18.7 Å². The zero-order valence-electron chi connectivity index (χ0n) is 9.61. The zero-order chi connectivity index (χ0) is 11.7. The molecule has 1 aliphatic rings. The van der Waals surface area contributed by atoms with Crippen LogP contribution in [-0.4, -0.2) is 19.4 Å². The molecule has 0 saturated heterocycles. The molecule has 1 aromatic carbocycles. The number of carbonyl (C=O) groups excluding carboxylic acids is 1. The monoisotopic (exact) mass is 221 g/mol. The van der Waals surface area contributed by atoms with Gasteiger partial charge in [-0.2, -0.15) is 0 Å². The molecule has 0 spiro atoms. The first kappa shape index (κ1) is 11.1. The highest BCUT2D eigenvalue weighted by Crippen LogP contribution is 2.36. The molecule has 1 aliphatic carbocycles. The highest BCUT2D eigenvalue weighted by Gasteiger charge is 2.31. The molecule has 2 nitrogen and oxygen atoms in total. The molecule has 1 aromatic rings. The van der Waals surface area contributed by atoms with E-state index in [9.17, 15) is 9.18 Å². The van der Waals surface area contributed by atoms with E-state index in [4.69, 9.17) is 0 Å². The van der Waals surface area contributed by atoms with Crippen LogP contribution in [0, 0.1) is 11.7 Å². The van der Waals surface area contributed by atoms with Crippen LogP contribution in [-0.2, 0) is 0 Å². The van der Waals surface area contributed by atoms with Gasteiger partial charge in [-0.15, -0.1) is 0 Å². The molecular formula is C13H16FNO. The third kappa shape index (κ3) is 2.08. The third-order valence-electron chi connectivity index (χ3n) is 3.40. The number of rotatable bonds is 4. The van der Waals surface area contributed by atoms with Crippen molar-refractivity contribution in [1.82, 2.24) is 0 Å². The average Bonchev–Trinajstić information content (AvgIpc) is 3.10. The Labute approximate surface area is 95.1 Å². The van der Waals surface area contributed by atoms with E-state index >= 15 is 0 Å². The second-order valence-corrected chi connectivity index (χ2v) is 4.52. The smallest absolute Gasteiger partial charge is 0.150 e. The molecule has 0 heterocycles. The Morgan fingerprint density at radius 2 is 2.19 bits per heavy atom. The van der Waals surface area contributed by atoms with Crippen molar-refractivity contribution in [2.45, 2.75) is 25.8 Å². The van der Waals surface area contributed by atoms with E-state index in [1.54, 1.807) is 12.1 Å². The fourth-order valence-electron chi connectivity index (χ4n) is 2.00. The van der Waals surface area contributed by atoms with E-state index in [1.165, 1.54) is 18.9 Å². The number of benzene rings is 1. The summed E-state index contributed by atoms with van der Waals surface area (Å²) in [5.41, 5.74) is 0.957.